The molecule has 1 aliphatic carbocycles. The van der Waals surface area contributed by atoms with Crippen molar-refractivity contribution in [3.05, 3.63) is 40.5 Å². The van der Waals surface area contributed by atoms with Crippen LogP contribution in [0.15, 0.2) is 23.8 Å². The van der Waals surface area contributed by atoms with E-state index >= 15 is 0 Å². The van der Waals surface area contributed by atoms with E-state index in [9.17, 15) is 10.2 Å². The molecule has 2 heteroatoms. The van der Waals surface area contributed by atoms with E-state index in [1.807, 2.05) is 38.1 Å². The molecular formula is C12H14O2. The van der Waals surface area contributed by atoms with E-state index in [-0.39, 0.29) is 0 Å². The fourth-order valence-electron chi connectivity index (χ4n) is 1.83. The van der Waals surface area contributed by atoms with Crippen LogP contribution in [0.3, 0.4) is 0 Å². The van der Waals surface area contributed by atoms with E-state index in [2.05, 4.69) is 0 Å². The summed E-state index contributed by atoms with van der Waals surface area (Å²) in [5.74, 6) is 0. The van der Waals surface area contributed by atoms with Gasteiger partial charge in [0.05, 0.1) is 0 Å². The average Bonchev–Trinajstić information content (AvgIpc) is 2.16. The maximum absolute atomic E-state index is 9.83. The van der Waals surface area contributed by atoms with Gasteiger partial charge in [0.1, 0.15) is 12.2 Å². The first-order valence-electron chi connectivity index (χ1n) is 4.74. The summed E-state index contributed by atoms with van der Waals surface area (Å²) in [6, 6.07) is 5.91. The van der Waals surface area contributed by atoms with Crippen molar-refractivity contribution in [2.45, 2.75) is 26.1 Å². The lowest BCUT2D eigenvalue weighted by molar-refractivity contribution is 0.0399. The van der Waals surface area contributed by atoms with Crippen LogP contribution < -0.4 is 0 Å². The van der Waals surface area contributed by atoms with Crippen LogP contribution in [0.2, 0.25) is 0 Å². The molecule has 2 nitrogen and oxygen atoms in total. The summed E-state index contributed by atoms with van der Waals surface area (Å²) in [6.07, 6.45) is 0.380. The Kier molecular flexibility index (Phi) is 2.17. The molecule has 0 amide bonds. The normalized spacial score (nSPS) is 25.6. The van der Waals surface area contributed by atoms with Gasteiger partial charge in [0.25, 0.3) is 0 Å². The van der Waals surface area contributed by atoms with Crippen molar-refractivity contribution < 1.29 is 10.2 Å². The molecule has 74 valence electrons. The Hall–Kier alpha value is -1.12. The highest BCUT2D eigenvalue weighted by molar-refractivity contribution is 5.62. The van der Waals surface area contributed by atoms with Crippen molar-refractivity contribution in [1.29, 1.82) is 0 Å². The quantitative estimate of drug-likeness (QED) is 0.655. The van der Waals surface area contributed by atoms with Crippen LogP contribution in [0.1, 0.15) is 29.7 Å². The molecule has 0 heterocycles. The van der Waals surface area contributed by atoms with Crippen LogP contribution in [0, 0.1) is 6.92 Å². The van der Waals surface area contributed by atoms with Crippen LogP contribution >= 0.6 is 0 Å². The van der Waals surface area contributed by atoms with Gasteiger partial charge in [-0.25, -0.2) is 0 Å². The number of aliphatic hydroxyl groups excluding tert-OH is 2. The van der Waals surface area contributed by atoms with E-state index in [4.69, 9.17) is 0 Å². The summed E-state index contributed by atoms with van der Waals surface area (Å²) in [7, 11) is 0. The summed E-state index contributed by atoms with van der Waals surface area (Å²) in [5, 5.41) is 19.5. The number of benzene rings is 1. The third-order valence-electron chi connectivity index (χ3n) is 2.71. The van der Waals surface area contributed by atoms with Crippen molar-refractivity contribution >= 4 is 6.08 Å². The highest BCUT2D eigenvalue weighted by Crippen LogP contribution is 2.32. The highest BCUT2D eigenvalue weighted by Gasteiger charge is 2.25. The molecule has 0 radical (unpaired) electrons. The highest BCUT2D eigenvalue weighted by atomic mass is 16.3. The monoisotopic (exact) mass is 190 g/mol. The molecule has 0 saturated carbocycles. The molecule has 0 aliphatic heterocycles. The molecule has 2 N–H and O–H groups in total. The molecule has 2 atom stereocenters. The van der Waals surface area contributed by atoms with E-state index in [0.717, 1.165) is 22.3 Å². The van der Waals surface area contributed by atoms with Gasteiger partial charge in [-0.1, -0.05) is 29.8 Å². The first-order valence-corrected chi connectivity index (χ1v) is 4.74. The van der Waals surface area contributed by atoms with Gasteiger partial charge < -0.3 is 10.2 Å². The molecule has 1 aliphatic rings. The lowest BCUT2D eigenvalue weighted by Crippen LogP contribution is -2.23. The minimum absolute atomic E-state index is 0.760. The van der Waals surface area contributed by atoms with Crippen molar-refractivity contribution in [3.63, 3.8) is 0 Å². The Morgan fingerprint density at radius 1 is 1.07 bits per heavy atom. The molecule has 0 spiro atoms. The second-order valence-corrected chi connectivity index (χ2v) is 3.91. The zero-order valence-electron chi connectivity index (χ0n) is 8.36. The topological polar surface area (TPSA) is 40.5 Å². The largest absolute Gasteiger partial charge is 0.386 e. The maximum atomic E-state index is 9.83. The Morgan fingerprint density at radius 2 is 1.79 bits per heavy atom. The van der Waals surface area contributed by atoms with Crippen LogP contribution in [-0.2, 0) is 0 Å². The number of hydrogen-bond donors (Lipinski definition) is 2. The van der Waals surface area contributed by atoms with Crippen molar-refractivity contribution in [2.24, 2.45) is 0 Å². The Balaban J connectivity index is 2.58. The van der Waals surface area contributed by atoms with E-state index in [1.54, 1.807) is 0 Å². The third-order valence-corrected chi connectivity index (χ3v) is 2.71. The molecule has 14 heavy (non-hydrogen) atoms. The first-order chi connectivity index (χ1) is 6.59. The summed E-state index contributed by atoms with van der Waals surface area (Å²) in [4.78, 5) is 0. The molecule has 1 aromatic rings. The fourth-order valence-corrected chi connectivity index (χ4v) is 1.83. The van der Waals surface area contributed by atoms with Crippen molar-refractivity contribution in [1.82, 2.24) is 0 Å². The van der Waals surface area contributed by atoms with Gasteiger partial charge in [-0.3, -0.25) is 0 Å². The van der Waals surface area contributed by atoms with Crippen LogP contribution in [0.4, 0.5) is 0 Å². The van der Waals surface area contributed by atoms with Crippen LogP contribution in [-0.4, -0.2) is 16.3 Å². The van der Waals surface area contributed by atoms with E-state index < -0.39 is 12.2 Å². The number of aliphatic hydroxyl groups is 2. The number of hydrogen-bond acceptors (Lipinski definition) is 2. The minimum atomic E-state index is -0.783. The number of aryl methyl sites for hydroxylation is 1. The summed E-state index contributed by atoms with van der Waals surface area (Å²) in [6.45, 7) is 3.81. The number of fused-ring (bicyclic) bond motifs is 1. The van der Waals surface area contributed by atoms with Crippen LogP contribution in [0.5, 0.6) is 0 Å². The fraction of sp³-hybridized carbons (Fsp3) is 0.333. The molecule has 2 rings (SSSR count). The van der Waals surface area contributed by atoms with E-state index in [1.165, 1.54) is 0 Å². The minimum Gasteiger partial charge on any atom is -0.386 e. The second kappa shape index (κ2) is 3.23. The van der Waals surface area contributed by atoms with Gasteiger partial charge in [0, 0.05) is 0 Å². The first kappa shape index (κ1) is 9.44. The second-order valence-electron chi connectivity index (χ2n) is 3.91. The standard InChI is InChI=1S/C12H14O2/c1-7-3-4-9-6-8(2)11(13)12(14)10(9)5-7/h3-6,11-14H,1-2H3/t11-,12-/m1/s1. The molecular weight excluding hydrogens is 176 g/mol. The summed E-state index contributed by atoms with van der Waals surface area (Å²) >= 11 is 0. The SMILES string of the molecule is CC1=Cc2ccc(C)cc2[C@@H](O)[C@@H]1O. The molecule has 0 bridgehead atoms. The van der Waals surface area contributed by atoms with Gasteiger partial charge in [0.15, 0.2) is 0 Å². The Morgan fingerprint density at radius 3 is 2.50 bits per heavy atom. The predicted molar refractivity (Wildman–Crippen MR) is 55.8 cm³/mol. The van der Waals surface area contributed by atoms with E-state index in [0.29, 0.717) is 0 Å². The van der Waals surface area contributed by atoms with Crippen molar-refractivity contribution in [3.8, 4) is 0 Å². The summed E-state index contributed by atoms with van der Waals surface area (Å²) < 4.78 is 0. The number of rotatable bonds is 0. The zero-order chi connectivity index (χ0) is 10.3. The molecule has 0 unspecified atom stereocenters. The van der Waals surface area contributed by atoms with Gasteiger partial charge in [-0.15, -0.1) is 0 Å². The van der Waals surface area contributed by atoms with Gasteiger partial charge in [-0.2, -0.15) is 0 Å². The lowest BCUT2D eigenvalue weighted by Gasteiger charge is -2.25. The predicted octanol–water partition coefficient (Wildman–Crippen LogP) is 1.81. The third kappa shape index (κ3) is 1.37. The average molecular weight is 190 g/mol. The molecule has 0 saturated heterocycles. The van der Waals surface area contributed by atoms with Crippen LogP contribution in [0.25, 0.3) is 6.08 Å². The zero-order valence-corrected chi connectivity index (χ0v) is 8.36. The smallest absolute Gasteiger partial charge is 0.109 e. The lowest BCUT2D eigenvalue weighted by atomic mass is 9.87. The molecule has 0 aromatic heterocycles. The Bertz CT molecular complexity index is 393. The summed E-state index contributed by atoms with van der Waals surface area (Å²) in [5.41, 5.74) is 3.74. The van der Waals surface area contributed by atoms with Crippen molar-refractivity contribution in [2.75, 3.05) is 0 Å². The van der Waals surface area contributed by atoms with Gasteiger partial charge in [-0.05, 0) is 30.5 Å². The molecule has 1 aromatic carbocycles. The Labute approximate surface area is 83.5 Å². The maximum Gasteiger partial charge on any atom is 0.109 e. The van der Waals surface area contributed by atoms with Gasteiger partial charge >= 0.3 is 0 Å². The van der Waals surface area contributed by atoms with Gasteiger partial charge in [0.2, 0.25) is 0 Å². The molecule has 0 fully saturated rings.